The van der Waals surface area contributed by atoms with Gasteiger partial charge in [-0.25, -0.2) is 9.97 Å². The third kappa shape index (κ3) is 4.73. The molecule has 28 heavy (non-hydrogen) atoms. The van der Waals surface area contributed by atoms with Crippen LogP contribution < -0.4 is 10.3 Å². The lowest BCUT2D eigenvalue weighted by atomic mass is 10.2. The summed E-state index contributed by atoms with van der Waals surface area (Å²) in [6.45, 7) is 6.35. The van der Waals surface area contributed by atoms with E-state index in [0.29, 0.717) is 24.6 Å². The minimum atomic E-state index is -3.75. The van der Waals surface area contributed by atoms with Crippen molar-refractivity contribution in [3.8, 4) is 0 Å². The second kappa shape index (κ2) is 8.34. The molecule has 3 rings (SSSR count). The van der Waals surface area contributed by atoms with Crippen molar-refractivity contribution in [2.24, 2.45) is 0 Å². The number of nitrogen functional groups attached to an aromatic ring is 1. The molecule has 0 aliphatic heterocycles. The van der Waals surface area contributed by atoms with E-state index in [1.165, 1.54) is 0 Å². The Kier molecular flexibility index (Phi) is 6.07. The molecule has 0 aliphatic carbocycles. The molecule has 0 aliphatic rings. The number of nitrogens with zero attached hydrogens (tertiary/aromatic N) is 3. The van der Waals surface area contributed by atoms with E-state index in [2.05, 4.69) is 14.5 Å². The van der Waals surface area contributed by atoms with Gasteiger partial charge in [-0.3, -0.25) is 4.18 Å². The first-order valence-corrected chi connectivity index (χ1v) is 11.1. The molecule has 0 radical (unpaired) electrons. The van der Waals surface area contributed by atoms with Crippen LogP contribution in [0.4, 0.5) is 5.82 Å². The zero-order valence-electron chi connectivity index (χ0n) is 16.0. The van der Waals surface area contributed by atoms with Gasteiger partial charge in [0, 0.05) is 19.5 Å². The minimum Gasteiger partial charge on any atom is -0.383 e. The average Bonchev–Trinajstić information content (AvgIpc) is 2.98. The molecule has 7 nitrogen and oxygen atoms in total. The van der Waals surface area contributed by atoms with Gasteiger partial charge in [-0.2, -0.15) is 13.0 Å². The van der Waals surface area contributed by atoms with E-state index in [1.54, 1.807) is 48.7 Å². The van der Waals surface area contributed by atoms with Gasteiger partial charge in [-0.05, 0) is 26.0 Å². The molecule has 0 bridgehead atoms. The van der Waals surface area contributed by atoms with Crippen LogP contribution in [-0.2, 0) is 27.3 Å². The fourth-order valence-corrected chi connectivity index (χ4v) is 4.57. The molecule has 0 spiro atoms. The van der Waals surface area contributed by atoms with Gasteiger partial charge < -0.3 is 5.73 Å². The number of hydrogen-bond donors (Lipinski definition) is 1. The highest BCUT2D eigenvalue weighted by molar-refractivity contribution is 7.86. The first kappa shape index (κ1) is 20.4. The van der Waals surface area contributed by atoms with E-state index < -0.39 is 10.1 Å². The fraction of sp³-hybridized carbons (Fsp3) is 0.316. The second-order valence-electron chi connectivity index (χ2n) is 6.53. The van der Waals surface area contributed by atoms with Crippen LogP contribution in [0.5, 0.6) is 0 Å². The van der Waals surface area contributed by atoms with Gasteiger partial charge in [-0.15, -0.1) is 0 Å². The normalized spacial score (nSPS) is 11.7. The molecule has 0 unspecified atom stereocenters. The SMILES string of the molecule is Cc1ccc(S(=O)(=O)OCCc2sc[n+](Cc3cnc(C)nc3N)c2C)cc1. The molecule has 9 heteroatoms. The Morgan fingerprint density at radius 3 is 2.57 bits per heavy atom. The molecule has 148 valence electrons. The van der Waals surface area contributed by atoms with Gasteiger partial charge in [0.15, 0.2) is 12.2 Å². The van der Waals surface area contributed by atoms with Crippen molar-refractivity contribution < 1.29 is 17.2 Å². The van der Waals surface area contributed by atoms with Crippen LogP contribution in [0.15, 0.2) is 40.9 Å². The Bertz CT molecular complexity index is 1080. The van der Waals surface area contributed by atoms with E-state index >= 15 is 0 Å². The van der Waals surface area contributed by atoms with Crippen molar-refractivity contribution in [3.63, 3.8) is 0 Å². The summed E-state index contributed by atoms with van der Waals surface area (Å²) in [5.41, 5.74) is 10.8. The molecular weight excluding hydrogens is 396 g/mol. The van der Waals surface area contributed by atoms with E-state index in [4.69, 9.17) is 9.92 Å². The monoisotopic (exact) mass is 419 g/mol. The summed E-state index contributed by atoms with van der Waals surface area (Å²) in [7, 11) is -3.75. The molecule has 3 aromatic rings. The third-order valence-electron chi connectivity index (χ3n) is 4.39. The smallest absolute Gasteiger partial charge is 0.296 e. The van der Waals surface area contributed by atoms with Crippen molar-refractivity contribution >= 4 is 27.3 Å². The van der Waals surface area contributed by atoms with E-state index in [-0.39, 0.29) is 11.5 Å². The molecule has 2 N–H and O–H groups in total. The van der Waals surface area contributed by atoms with Gasteiger partial charge in [-0.1, -0.05) is 29.0 Å². The molecule has 0 amide bonds. The summed E-state index contributed by atoms with van der Waals surface area (Å²) in [4.78, 5) is 9.62. The highest BCUT2D eigenvalue weighted by Gasteiger charge is 2.19. The third-order valence-corrected chi connectivity index (χ3v) is 6.86. The molecule has 0 atom stereocenters. The van der Waals surface area contributed by atoms with Gasteiger partial charge in [0.1, 0.15) is 11.6 Å². The Morgan fingerprint density at radius 1 is 1.18 bits per heavy atom. The quantitative estimate of drug-likeness (QED) is 0.466. The summed E-state index contributed by atoms with van der Waals surface area (Å²) < 4.78 is 31.8. The maximum Gasteiger partial charge on any atom is 0.296 e. The Morgan fingerprint density at radius 2 is 1.89 bits per heavy atom. The molecule has 0 saturated heterocycles. The van der Waals surface area contributed by atoms with Crippen molar-refractivity contribution in [1.29, 1.82) is 0 Å². The first-order valence-electron chi connectivity index (χ1n) is 8.77. The molecule has 0 fully saturated rings. The number of anilines is 1. The van der Waals surface area contributed by atoms with Crippen LogP contribution in [0.1, 0.15) is 27.5 Å². The number of aromatic nitrogens is 3. The molecule has 2 aromatic heterocycles. The molecule has 2 heterocycles. The minimum absolute atomic E-state index is 0.0906. The van der Waals surface area contributed by atoms with Crippen LogP contribution >= 0.6 is 11.3 Å². The standard InChI is InChI=1S/C19H23N4O3S2/c1-13-4-6-17(7-5-13)28(24,25)26-9-8-18-14(2)23(12-27-18)11-16-10-21-15(3)22-19(16)20/h4-7,10,12H,8-9,11H2,1-3H3,(H2,20,21,22)/q+1. The van der Waals surface area contributed by atoms with E-state index in [0.717, 1.165) is 21.7 Å². The van der Waals surface area contributed by atoms with Gasteiger partial charge >= 0.3 is 0 Å². The number of hydrogen-bond acceptors (Lipinski definition) is 7. The highest BCUT2D eigenvalue weighted by atomic mass is 32.2. The number of rotatable bonds is 7. The largest absolute Gasteiger partial charge is 0.383 e. The van der Waals surface area contributed by atoms with Crippen LogP contribution in [0.25, 0.3) is 0 Å². The summed E-state index contributed by atoms with van der Waals surface area (Å²) in [5.74, 6) is 1.11. The predicted octanol–water partition coefficient (Wildman–Crippen LogP) is 2.33. The van der Waals surface area contributed by atoms with Crippen LogP contribution in [-0.4, -0.2) is 25.0 Å². The van der Waals surface area contributed by atoms with Crippen molar-refractivity contribution in [1.82, 2.24) is 9.97 Å². The first-order chi connectivity index (χ1) is 13.3. The van der Waals surface area contributed by atoms with Crippen LogP contribution in [0.3, 0.4) is 0 Å². The molecule has 1 aromatic carbocycles. The maximum atomic E-state index is 12.3. The van der Waals surface area contributed by atoms with Crippen molar-refractivity contribution in [3.05, 3.63) is 63.5 Å². The maximum absolute atomic E-state index is 12.3. The van der Waals surface area contributed by atoms with E-state index in [1.807, 2.05) is 19.4 Å². The Hall–Kier alpha value is -2.36. The average molecular weight is 420 g/mol. The Balaban J connectivity index is 1.63. The van der Waals surface area contributed by atoms with Gasteiger partial charge in [0.2, 0.25) is 5.51 Å². The van der Waals surface area contributed by atoms with Gasteiger partial charge in [0.25, 0.3) is 10.1 Å². The number of benzene rings is 1. The topological polar surface area (TPSA) is 99.0 Å². The zero-order chi connectivity index (χ0) is 20.3. The summed E-state index contributed by atoms with van der Waals surface area (Å²) in [5, 5.41) is 0. The molecular formula is C19H23N4O3S2+. The second-order valence-corrected chi connectivity index (χ2v) is 9.08. The van der Waals surface area contributed by atoms with Crippen molar-refractivity contribution in [2.45, 2.75) is 38.6 Å². The highest BCUT2D eigenvalue weighted by Crippen LogP contribution is 2.17. The lowest BCUT2D eigenvalue weighted by Crippen LogP contribution is -2.35. The predicted molar refractivity (Wildman–Crippen MR) is 108 cm³/mol. The summed E-state index contributed by atoms with van der Waals surface area (Å²) >= 11 is 1.56. The lowest BCUT2D eigenvalue weighted by Gasteiger charge is -2.05. The number of nitrogens with two attached hydrogens (primary N) is 1. The summed E-state index contributed by atoms with van der Waals surface area (Å²) in [6.07, 6.45) is 2.24. The number of aryl methyl sites for hydroxylation is 2. The summed E-state index contributed by atoms with van der Waals surface area (Å²) in [6, 6.07) is 6.62. The van der Waals surface area contributed by atoms with Crippen LogP contribution in [0.2, 0.25) is 0 Å². The lowest BCUT2D eigenvalue weighted by molar-refractivity contribution is -0.689. The number of thiazole rings is 1. The fourth-order valence-electron chi connectivity index (χ4n) is 2.68. The molecule has 0 saturated carbocycles. The van der Waals surface area contributed by atoms with E-state index in [9.17, 15) is 8.42 Å². The van der Waals surface area contributed by atoms with Gasteiger partial charge in [0.05, 0.1) is 21.9 Å². The zero-order valence-corrected chi connectivity index (χ0v) is 17.7. The Labute approximate surface area is 169 Å². The van der Waals surface area contributed by atoms with Crippen molar-refractivity contribution in [2.75, 3.05) is 12.3 Å². The van der Waals surface area contributed by atoms with Crippen LogP contribution in [0, 0.1) is 20.8 Å².